The molecule has 7 heteroatoms. The van der Waals surface area contributed by atoms with E-state index >= 15 is 0 Å². The summed E-state index contributed by atoms with van der Waals surface area (Å²) in [5.41, 5.74) is 5.16. The van der Waals surface area contributed by atoms with Gasteiger partial charge < -0.3 is 5.32 Å². The lowest BCUT2D eigenvalue weighted by Crippen LogP contribution is -2.17. The maximum Gasteiger partial charge on any atom is 0.259 e. The van der Waals surface area contributed by atoms with E-state index in [0.717, 1.165) is 22.4 Å². The summed E-state index contributed by atoms with van der Waals surface area (Å²) in [4.78, 5) is 12.7. The van der Waals surface area contributed by atoms with E-state index in [2.05, 4.69) is 10.4 Å². The Balaban J connectivity index is 1.85. The summed E-state index contributed by atoms with van der Waals surface area (Å²) >= 11 is 0. The molecule has 0 radical (unpaired) electrons. The van der Waals surface area contributed by atoms with Crippen LogP contribution in [0.4, 0.5) is 5.69 Å². The van der Waals surface area contributed by atoms with E-state index in [4.69, 9.17) is 0 Å². The van der Waals surface area contributed by atoms with Crippen LogP contribution in [0.15, 0.2) is 18.3 Å². The van der Waals surface area contributed by atoms with Gasteiger partial charge in [-0.05, 0) is 45.2 Å². The molecule has 2 aromatic rings. The van der Waals surface area contributed by atoms with Crippen molar-refractivity contribution in [2.45, 2.75) is 40.2 Å². The monoisotopic (exact) mass is 361 g/mol. The second kappa shape index (κ2) is 6.29. The molecular formula is C18H23N3O3S. The number of sulfone groups is 1. The molecular weight excluding hydrogens is 338 g/mol. The predicted molar refractivity (Wildman–Crippen MR) is 97.9 cm³/mol. The van der Waals surface area contributed by atoms with Gasteiger partial charge in [0.2, 0.25) is 0 Å². The van der Waals surface area contributed by atoms with Crippen molar-refractivity contribution in [2.75, 3.05) is 16.8 Å². The van der Waals surface area contributed by atoms with E-state index < -0.39 is 9.84 Å². The van der Waals surface area contributed by atoms with Gasteiger partial charge in [0.1, 0.15) is 0 Å². The Bertz CT molecular complexity index is 921. The van der Waals surface area contributed by atoms with Crippen LogP contribution in [0, 0.1) is 27.7 Å². The van der Waals surface area contributed by atoms with Crippen LogP contribution in [0.5, 0.6) is 0 Å². The molecule has 1 aliphatic rings. The largest absolute Gasteiger partial charge is 0.321 e. The number of aromatic nitrogens is 2. The van der Waals surface area contributed by atoms with Crippen molar-refractivity contribution in [3.8, 4) is 0 Å². The van der Waals surface area contributed by atoms with Crippen molar-refractivity contribution in [1.29, 1.82) is 0 Å². The minimum Gasteiger partial charge on any atom is -0.321 e. The molecule has 2 heterocycles. The van der Waals surface area contributed by atoms with Gasteiger partial charge in [0.05, 0.1) is 29.3 Å². The van der Waals surface area contributed by atoms with Crippen LogP contribution in [0.2, 0.25) is 0 Å². The van der Waals surface area contributed by atoms with Gasteiger partial charge in [-0.25, -0.2) is 8.42 Å². The van der Waals surface area contributed by atoms with Crippen LogP contribution in [-0.2, 0) is 9.84 Å². The lowest BCUT2D eigenvalue weighted by Gasteiger charge is -2.14. The summed E-state index contributed by atoms with van der Waals surface area (Å²) in [5.74, 6) is 0.0483. The molecule has 0 saturated carbocycles. The summed E-state index contributed by atoms with van der Waals surface area (Å²) in [6.45, 7) is 7.77. The van der Waals surface area contributed by atoms with E-state index in [1.165, 1.54) is 6.20 Å². The minimum atomic E-state index is -3.00. The topological polar surface area (TPSA) is 81.1 Å². The third-order valence-corrected chi connectivity index (χ3v) is 6.51. The van der Waals surface area contributed by atoms with E-state index in [0.29, 0.717) is 17.7 Å². The van der Waals surface area contributed by atoms with Crippen molar-refractivity contribution >= 4 is 21.4 Å². The molecule has 1 N–H and O–H groups in total. The van der Waals surface area contributed by atoms with Gasteiger partial charge >= 0.3 is 0 Å². The van der Waals surface area contributed by atoms with Crippen molar-refractivity contribution < 1.29 is 13.2 Å². The molecule has 1 aliphatic heterocycles. The summed E-state index contributed by atoms with van der Waals surface area (Å²) in [5, 5.41) is 7.25. The SMILES string of the molecule is Cc1cc(C)c(NC(=O)c2cnn(C3CCS(=O)(=O)C3)c2C)c(C)c1. The van der Waals surface area contributed by atoms with E-state index in [9.17, 15) is 13.2 Å². The van der Waals surface area contributed by atoms with Crippen molar-refractivity contribution in [1.82, 2.24) is 9.78 Å². The smallest absolute Gasteiger partial charge is 0.259 e. The Morgan fingerprint density at radius 2 is 1.84 bits per heavy atom. The molecule has 6 nitrogen and oxygen atoms in total. The van der Waals surface area contributed by atoms with E-state index in [-0.39, 0.29) is 23.5 Å². The fourth-order valence-corrected chi connectivity index (χ4v) is 5.23. The average Bonchev–Trinajstić information content (AvgIpc) is 3.05. The first-order valence-corrected chi connectivity index (χ1v) is 10.1. The molecule has 1 saturated heterocycles. The van der Waals surface area contributed by atoms with E-state index in [1.807, 2.05) is 39.8 Å². The van der Waals surface area contributed by atoms with Gasteiger partial charge in [-0.2, -0.15) is 5.10 Å². The lowest BCUT2D eigenvalue weighted by atomic mass is 10.0. The third-order valence-electron chi connectivity index (χ3n) is 4.76. The van der Waals surface area contributed by atoms with Gasteiger partial charge in [-0.1, -0.05) is 17.7 Å². The average molecular weight is 361 g/mol. The number of carbonyl (C=O) groups is 1. The first-order valence-electron chi connectivity index (χ1n) is 8.31. The zero-order valence-corrected chi connectivity index (χ0v) is 15.8. The molecule has 1 amide bonds. The highest BCUT2D eigenvalue weighted by Gasteiger charge is 2.31. The maximum absolute atomic E-state index is 12.7. The molecule has 1 atom stereocenters. The molecule has 1 aromatic carbocycles. The van der Waals surface area contributed by atoms with Crippen molar-refractivity contribution in [3.05, 3.63) is 46.3 Å². The molecule has 25 heavy (non-hydrogen) atoms. The van der Waals surface area contributed by atoms with Gasteiger partial charge in [0.15, 0.2) is 9.84 Å². The zero-order valence-electron chi connectivity index (χ0n) is 15.0. The Kier molecular flexibility index (Phi) is 4.45. The van der Waals surface area contributed by atoms with Crippen LogP contribution in [0.1, 0.15) is 45.2 Å². The minimum absolute atomic E-state index is 0.0900. The standard InChI is InChI=1S/C18H23N3O3S/c1-11-7-12(2)17(13(3)8-11)20-18(22)16-9-19-21(14(16)4)15-5-6-25(23,24)10-15/h7-9,15H,5-6,10H2,1-4H3,(H,20,22). The summed E-state index contributed by atoms with van der Waals surface area (Å²) < 4.78 is 25.1. The first kappa shape index (κ1) is 17.7. The lowest BCUT2D eigenvalue weighted by molar-refractivity contribution is 0.102. The molecule has 1 fully saturated rings. The number of nitrogens with zero attached hydrogens (tertiary/aromatic N) is 2. The highest BCUT2D eigenvalue weighted by Crippen LogP contribution is 2.27. The number of nitrogens with one attached hydrogen (secondary N) is 1. The van der Waals surface area contributed by atoms with Crippen LogP contribution in [-0.4, -0.2) is 35.6 Å². The van der Waals surface area contributed by atoms with Crippen LogP contribution in [0.25, 0.3) is 0 Å². The summed E-state index contributed by atoms with van der Waals surface area (Å²) in [6, 6.07) is 3.87. The molecule has 134 valence electrons. The summed E-state index contributed by atoms with van der Waals surface area (Å²) in [6.07, 6.45) is 2.07. The molecule has 1 unspecified atom stereocenters. The first-order chi connectivity index (χ1) is 11.7. The fraction of sp³-hybridized carbons (Fsp3) is 0.444. The number of hydrogen-bond donors (Lipinski definition) is 1. The number of benzene rings is 1. The second-order valence-corrected chi connectivity index (χ2v) is 9.10. The van der Waals surface area contributed by atoms with Crippen LogP contribution >= 0.6 is 0 Å². The Morgan fingerprint density at radius 3 is 2.40 bits per heavy atom. The summed E-state index contributed by atoms with van der Waals surface area (Å²) in [7, 11) is -3.00. The molecule has 0 aliphatic carbocycles. The normalized spacial score (nSPS) is 19.1. The maximum atomic E-state index is 12.7. The second-order valence-electron chi connectivity index (χ2n) is 6.87. The predicted octanol–water partition coefficient (Wildman–Crippen LogP) is 2.73. The van der Waals surface area contributed by atoms with Crippen molar-refractivity contribution in [2.24, 2.45) is 0 Å². The highest BCUT2D eigenvalue weighted by molar-refractivity contribution is 7.91. The Hall–Kier alpha value is -2.15. The molecule has 0 bridgehead atoms. The van der Waals surface area contributed by atoms with Crippen molar-refractivity contribution in [3.63, 3.8) is 0 Å². The van der Waals surface area contributed by atoms with Gasteiger partial charge in [-0.3, -0.25) is 9.48 Å². The van der Waals surface area contributed by atoms with Crippen LogP contribution < -0.4 is 5.32 Å². The third kappa shape index (κ3) is 3.46. The quantitative estimate of drug-likeness (QED) is 0.911. The Labute approximate surface area is 148 Å². The zero-order chi connectivity index (χ0) is 18.4. The number of hydrogen-bond acceptors (Lipinski definition) is 4. The number of carbonyl (C=O) groups excluding carboxylic acids is 1. The number of amides is 1. The number of rotatable bonds is 3. The van der Waals surface area contributed by atoms with Crippen LogP contribution in [0.3, 0.4) is 0 Å². The molecule has 1 aromatic heterocycles. The van der Waals surface area contributed by atoms with Gasteiger partial charge in [0, 0.05) is 11.4 Å². The number of anilines is 1. The van der Waals surface area contributed by atoms with E-state index in [1.54, 1.807) is 4.68 Å². The molecule has 0 spiro atoms. The van der Waals surface area contributed by atoms with Gasteiger partial charge in [-0.15, -0.1) is 0 Å². The fourth-order valence-electron chi connectivity index (χ4n) is 3.54. The molecule has 3 rings (SSSR count). The van der Waals surface area contributed by atoms with Gasteiger partial charge in [0.25, 0.3) is 5.91 Å². The highest BCUT2D eigenvalue weighted by atomic mass is 32.2. The number of aryl methyl sites for hydroxylation is 3. The Morgan fingerprint density at radius 1 is 1.20 bits per heavy atom.